The number of aryl methyl sites for hydroxylation is 1. The van der Waals surface area contributed by atoms with Gasteiger partial charge in [-0.2, -0.15) is 0 Å². The molecule has 2 fully saturated rings. The molecule has 1 heterocycles. The van der Waals surface area contributed by atoms with Gasteiger partial charge in [-0.3, -0.25) is 4.79 Å². The molecule has 26 heavy (non-hydrogen) atoms. The molecule has 0 aromatic heterocycles. The molecule has 142 valence electrons. The van der Waals surface area contributed by atoms with E-state index in [1.807, 2.05) is 0 Å². The van der Waals surface area contributed by atoms with Crippen LogP contribution in [0, 0.1) is 0 Å². The molecule has 1 unspecified atom stereocenters. The maximum atomic E-state index is 12.3. The largest absolute Gasteiger partial charge is 0.480 e. The number of aliphatic carboxylic acids is 1. The zero-order chi connectivity index (χ0) is 18.7. The second-order valence-electron chi connectivity index (χ2n) is 6.56. The van der Waals surface area contributed by atoms with Crippen LogP contribution in [0.5, 0.6) is 0 Å². The van der Waals surface area contributed by atoms with Gasteiger partial charge in [-0.1, -0.05) is 12.1 Å². The summed E-state index contributed by atoms with van der Waals surface area (Å²) < 4.78 is 32.0. The number of hydrogen-bond donors (Lipinski definition) is 2. The van der Waals surface area contributed by atoms with Crippen LogP contribution in [0.4, 0.5) is 0 Å². The Bertz CT molecular complexity index is 773. The molecule has 1 aliphatic heterocycles. The van der Waals surface area contributed by atoms with Crippen molar-refractivity contribution < 1.29 is 27.9 Å². The summed E-state index contributed by atoms with van der Waals surface area (Å²) in [5.41, 5.74) is 0.823. The van der Waals surface area contributed by atoms with Crippen molar-refractivity contribution in [3.63, 3.8) is 0 Å². The van der Waals surface area contributed by atoms with Gasteiger partial charge >= 0.3 is 5.97 Å². The highest BCUT2D eigenvalue weighted by Crippen LogP contribution is 2.22. The van der Waals surface area contributed by atoms with Crippen LogP contribution in [0.15, 0.2) is 29.2 Å². The maximum Gasteiger partial charge on any atom is 0.328 e. The van der Waals surface area contributed by atoms with E-state index >= 15 is 0 Å². The molecule has 2 aliphatic rings. The molecule has 0 radical (unpaired) electrons. The first-order valence-electron chi connectivity index (χ1n) is 8.58. The van der Waals surface area contributed by atoms with Crippen molar-refractivity contribution in [2.45, 2.75) is 42.7 Å². The molecule has 1 saturated heterocycles. The minimum absolute atomic E-state index is 0.00161. The minimum atomic E-state index is -3.48. The van der Waals surface area contributed by atoms with E-state index in [1.54, 1.807) is 12.1 Å². The van der Waals surface area contributed by atoms with Crippen LogP contribution in [0.3, 0.4) is 0 Å². The van der Waals surface area contributed by atoms with Crippen LogP contribution >= 0.6 is 0 Å². The van der Waals surface area contributed by atoms with Crippen LogP contribution in [0.25, 0.3) is 0 Å². The Labute approximate surface area is 152 Å². The van der Waals surface area contributed by atoms with E-state index in [0.717, 1.165) is 18.4 Å². The van der Waals surface area contributed by atoms with E-state index in [0.29, 0.717) is 13.0 Å². The van der Waals surface area contributed by atoms with Crippen LogP contribution in [-0.4, -0.2) is 62.1 Å². The maximum absolute atomic E-state index is 12.3. The standard InChI is InChI=1S/C17H22N2O6S/c20-16(19-9-10-25-11-15(19)17(21)22)8-3-12-1-6-14(7-2-12)26(23,24)18-13-4-5-13/h1-2,6-7,13,15,18H,3-5,8-11H2,(H,21,22). The zero-order valence-electron chi connectivity index (χ0n) is 14.3. The molecule has 8 nitrogen and oxygen atoms in total. The van der Waals surface area contributed by atoms with E-state index in [-0.39, 0.29) is 36.4 Å². The van der Waals surface area contributed by atoms with Gasteiger partial charge in [-0.15, -0.1) is 0 Å². The van der Waals surface area contributed by atoms with Crippen molar-refractivity contribution in [3.8, 4) is 0 Å². The summed E-state index contributed by atoms with van der Waals surface area (Å²) in [7, 11) is -3.48. The molecule has 1 amide bonds. The molecule has 0 spiro atoms. The number of hydrogen-bond acceptors (Lipinski definition) is 5. The lowest BCUT2D eigenvalue weighted by atomic mass is 10.1. The van der Waals surface area contributed by atoms with Crippen molar-refractivity contribution in [2.75, 3.05) is 19.8 Å². The lowest BCUT2D eigenvalue weighted by Gasteiger charge is -2.32. The van der Waals surface area contributed by atoms with Crippen LogP contribution in [-0.2, 0) is 30.8 Å². The molecular weight excluding hydrogens is 360 g/mol. The van der Waals surface area contributed by atoms with E-state index in [1.165, 1.54) is 17.0 Å². The molecule has 0 bridgehead atoms. The van der Waals surface area contributed by atoms with Crippen LogP contribution in [0.1, 0.15) is 24.8 Å². The quantitative estimate of drug-likeness (QED) is 0.705. The topological polar surface area (TPSA) is 113 Å². The second-order valence-corrected chi connectivity index (χ2v) is 8.27. The summed E-state index contributed by atoms with van der Waals surface area (Å²) in [6.45, 7) is 0.595. The lowest BCUT2D eigenvalue weighted by molar-refractivity contribution is -0.158. The third-order valence-corrected chi connectivity index (χ3v) is 6.03. The fourth-order valence-corrected chi connectivity index (χ4v) is 4.13. The van der Waals surface area contributed by atoms with E-state index < -0.39 is 22.0 Å². The molecule has 1 aliphatic carbocycles. The van der Waals surface area contributed by atoms with Crippen molar-refractivity contribution in [1.82, 2.24) is 9.62 Å². The molecule has 1 saturated carbocycles. The van der Waals surface area contributed by atoms with E-state index in [4.69, 9.17) is 4.74 Å². The molecular formula is C17H22N2O6S. The number of morpholine rings is 1. The fraction of sp³-hybridized carbons (Fsp3) is 0.529. The number of sulfonamides is 1. The number of carbonyl (C=O) groups excluding carboxylic acids is 1. The van der Waals surface area contributed by atoms with Gasteiger partial charge in [0.1, 0.15) is 0 Å². The summed E-state index contributed by atoms with van der Waals surface area (Å²) in [4.78, 5) is 25.1. The van der Waals surface area contributed by atoms with Crippen molar-refractivity contribution in [3.05, 3.63) is 29.8 Å². The molecule has 1 aromatic carbocycles. The monoisotopic (exact) mass is 382 g/mol. The average Bonchev–Trinajstić information content (AvgIpc) is 3.43. The number of carboxylic acids is 1. The number of amides is 1. The van der Waals surface area contributed by atoms with Gasteiger partial charge in [-0.05, 0) is 37.0 Å². The zero-order valence-corrected chi connectivity index (χ0v) is 15.1. The Morgan fingerprint density at radius 2 is 1.92 bits per heavy atom. The smallest absolute Gasteiger partial charge is 0.328 e. The second kappa shape index (κ2) is 7.73. The molecule has 2 N–H and O–H groups in total. The minimum Gasteiger partial charge on any atom is -0.480 e. The number of carboxylic acid groups (broad SMARTS) is 1. The van der Waals surface area contributed by atoms with Crippen molar-refractivity contribution in [1.29, 1.82) is 0 Å². The Morgan fingerprint density at radius 1 is 1.23 bits per heavy atom. The first-order chi connectivity index (χ1) is 12.4. The van der Waals surface area contributed by atoms with Gasteiger partial charge in [-0.25, -0.2) is 17.9 Å². The van der Waals surface area contributed by atoms with Crippen LogP contribution in [0.2, 0.25) is 0 Å². The Kier molecular flexibility index (Phi) is 5.59. The third kappa shape index (κ3) is 4.60. The summed E-state index contributed by atoms with van der Waals surface area (Å²) in [6, 6.07) is 5.52. The first kappa shape index (κ1) is 18.8. The summed E-state index contributed by atoms with van der Waals surface area (Å²) in [5, 5.41) is 9.18. The summed E-state index contributed by atoms with van der Waals surface area (Å²) in [5.74, 6) is -1.32. The predicted molar refractivity (Wildman–Crippen MR) is 92.1 cm³/mol. The van der Waals surface area contributed by atoms with Crippen molar-refractivity contribution >= 4 is 21.9 Å². The van der Waals surface area contributed by atoms with Gasteiger partial charge in [0, 0.05) is 19.0 Å². The number of benzene rings is 1. The van der Waals surface area contributed by atoms with Gasteiger partial charge in [0.2, 0.25) is 15.9 Å². The highest BCUT2D eigenvalue weighted by atomic mass is 32.2. The lowest BCUT2D eigenvalue weighted by Crippen LogP contribution is -2.52. The SMILES string of the molecule is O=C(O)C1COCCN1C(=O)CCc1ccc(S(=O)(=O)NC2CC2)cc1. The van der Waals surface area contributed by atoms with E-state index in [2.05, 4.69) is 4.72 Å². The van der Waals surface area contributed by atoms with Crippen molar-refractivity contribution in [2.24, 2.45) is 0 Å². The van der Waals surface area contributed by atoms with E-state index in [9.17, 15) is 23.1 Å². The molecule has 3 rings (SSSR count). The average molecular weight is 382 g/mol. The first-order valence-corrected chi connectivity index (χ1v) is 10.1. The Morgan fingerprint density at radius 3 is 2.54 bits per heavy atom. The van der Waals surface area contributed by atoms with Gasteiger partial charge in [0.25, 0.3) is 0 Å². The number of rotatable bonds is 7. The number of nitrogens with zero attached hydrogens (tertiary/aromatic N) is 1. The summed E-state index contributed by atoms with van der Waals surface area (Å²) in [6.07, 6.45) is 2.33. The third-order valence-electron chi connectivity index (χ3n) is 4.49. The van der Waals surface area contributed by atoms with Gasteiger partial charge in [0.15, 0.2) is 6.04 Å². The van der Waals surface area contributed by atoms with Crippen LogP contribution < -0.4 is 4.72 Å². The number of carbonyl (C=O) groups is 2. The Balaban J connectivity index is 1.57. The summed E-state index contributed by atoms with van der Waals surface area (Å²) >= 11 is 0. The van der Waals surface area contributed by atoms with Gasteiger partial charge < -0.3 is 14.7 Å². The highest BCUT2D eigenvalue weighted by Gasteiger charge is 2.32. The molecule has 1 aromatic rings. The highest BCUT2D eigenvalue weighted by molar-refractivity contribution is 7.89. The Hall–Kier alpha value is -1.97. The fourth-order valence-electron chi connectivity index (χ4n) is 2.83. The van der Waals surface area contributed by atoms with Gasteiger partial charge in [0.05, 0.1) is 18.1 Å². The molecule has 9 heteroatoms. The molecule has 1 atom stereocenters. The number of ether oxygens (including phenoxy) is 1. The predicted octanol–water partition coefficient (Wildman–Crippen LogP) is 0.372. The number of nitrogens with one attached hydrogen (secondary N) is 1. The normalized spacial score (nSPS) is 20.8.